The Hall–Kier alpha value is -2.77. The normalized spacial score (nSPS) is 29.7. The zero-order valence-electron chi connectivity index (χ0n) is 21.7. The molecule has 2 N–H and O–H groups in total. The summed E-state index contributed by atoms with van der Waals surface area (Å²) in [5.74, 6) is 2.26. The number of nitrogens with one attached hydrogen (secondary N) is 2. The largest absolute Gasteiger partial charge is 0.463 e. The summed E-state index contributed by atoms with van der Waals surface area (Å²) in [6, 6.07) is 9.03. The van der Waals surface area contributed by atoms with Crippen molar-refractivity contribution < 1.29 is 13.9 Å². The van der Waals surface area contributed by atoms with Crippen LogP contribution >= 0.6 is 11.6 Å². The number of aliphatic imine (C=N–C) groups is 1. The SMILES string of the molecule is CCOC(=O)C1=C(CNCC23CC4CC(CC(C4)C2)C3)NC(c2ccccn2)=NC1c1ccc(F)cc1Cl. The molecule has 1 aliphatic heterocycles. The molecule has 4 fully saturated rings. The molecule has 8 heteroatoms. The first kappa shape index (κ1) is 25.5. The lowest BCUT2D eigenvalue weighted by Crippen LogP contribution is -2.51. The van der Waals surface area contributed by atoms with E-state index in [9.17, 15) is 9.18 Å². The van der Waals surface area contributed by atoms with Gasteiger partial charge in [0.2, 0.25) is 0 Å². The summed E-state index contributed by atoms with van der Waals surface area (Å²) >= 11 is 6.50. The summed E-state index contributed by atoms with van der Waals surface area (Å²) in [6.07, 6.45) is 9.83. The molecule has 4 saturated carbocycles. The van der Waals surface area contributed by atoms with Crippen LogP contribution in [0, 0.1) is 29.0 Å². The molecule has 4 bridgehead atoms. The number of hydrogen-bond acceptors (Lipinski definition) is 6. The number of hydrogen-bond donors (Lipinski definition) is 2. The van der Waals surface area contributed by atoms with Crippen molar-refractivity contribution in [2.75, 3.05) is 19.7 Å². The first-order valence-corrected chi connectivity index (χ1v) is 14.1. The van der Waals surface area contributed by atoms with Crippen molar-refractivity contribution in [3.8, 4) is 0 Å². The summed E-state index contributed by atoms with van der Waals surface area (Å²) in [6.45, 7) is 3.39. The molecule has 2 heterocycles. The van der Waals surface area contributed by atoms with E-state index in [4.69, 9.17) is 21.3 Å². The molecule has 1 unspecified atom stereocenters. The molecule has 38 heavy (non-hydrogen) atoms. The highest BCUT2D eigenvalue weighted by atomic mass is 35.5. The maximum atomic E-state index is 13.9. The highest BCUT2D eigenvalue weighted by molar-refractivity contribution is 6.31. The zero-order valence-corrected chi connectivity index (χ0v) is 22.4. The van der Waals surface area contributed by atoms with E-state index in [1.807, 2.05) is 18.2 Å². The average Bonchev–Trinajstić information content (AvgIpc) is 2.88. The Morgan fingerprint density at radius 3 is 2.53 bits per heavy atom. The third kappa shape index (κ3) is 4.98. The summed E-state index contributed by atoms with van der Waals surface area (Å²) in [4.78, 5) is 22.7. The molecule has 0 saturated heterocycles. The number of carbonyl (C=O) groups is 1. The lowest BCUT2D eigenvalue weighted by Gasteiger charge is -2.57. The second-order valence-corrected chi connectivity index (χ2v) is 11.9. The molecule has 6 nitrogen and oxygen atoms in total. The molecule has 0 amide bonds. The summed E-state index contributed by atoms with van der Waals surface area (Å²) in [5, 5.41) is 7.31. The number of pyridine rings is 1. The number of aromatic nitrogens is 1. The predicted molar refractivity (Wildman–Crippen MR) is 145 cm³/mol. The van der Waals surface area contributed by atoms with Crippen molar-refractivity contribution in [1.29, 1.82) is 0 Å². The lowest BCUT2D eigenvalue weighted by molar-refractivity contribution is -0.139. The Bertz CT molecular complexity index is 1240. The van der Waals surface area contributed by atoms with Crippen molar-refractivity contribution in [3.63, 3.8) is 0 Å². The Labute approximate surface area is 228 Å². The second kappa shape index (κ2) is 10.4. The fraction of sp³-hybridized carbons (Fsp3) is 0.500. The molecule has 7 rings (SSSR count). The molecule has 200 valence electrons. The van der Waals surface area contributed by atoms with E-state index in [1.54, 1.807) is 19.2 Å². The summed E-state index contributed by atoms with van der Waals surface area (Å²) in [7, 11) is 0. The number of esters is 1. The van der Waals surface area contributed by atoms with Gasteiger partial charge in [-0.3, -0.25) is 9.98 Å². The van der Waals surface area contributed by atoms with Crippen LogP contribution in [0.25, 0.3) is 0 Å². The number of amidine groups is 1. The number of rotatable bonds is 8. The van der Waals surface area contributed by atoms with Gasteiger partial charge in [-0.2, -0.15) is 0 Å². The van der Waals surface area contributed by atoms with Crippen molar-refractivity contribution in [2.45, 2.75) is 51.5 Å². The van der Waals surface area contributed by atoms with Gasteiger partial charge in [-0.15, -0.1) is 0 Å². The van der Waals surface area contributed by atoms with E-state index >= 15 is 0 Å². The van der Waals surface area contributed by atoms with Crippen LogP contribution in [0.4, 0.5) is 4.39 Å². The minimum atomic E-state index is -0.753. The highest BCUT2D eigenvalue weighted by Crippen LogP contribution is 2.59. The molecular formula is C30H34ClFN4O2. The maximum absolute atomic E-state index is 13.9. The summed E-state index contributed by atoms with van der Waals surface area (Å²) in [5.41, 5.74) is 2.63. The Kier molecular flexibility index (Phi) is 6.99. The quantitative estimate of drug-likeness (QED) is 0.430. The summed E-state index contributed by atoms with van der Waals surface area (Å²) < 4.78 is 19.4. The number of carbonyl (C=O) groups excluding carboxylic acids is 1. The van der Waals surface area contributed by atoms with Crippen molar-refractivity contribution in [2.24, 2.45) is 28.2 Å². The third-order valence-corrected chi connectivity index (χ3v) is 9.08. The number of benzene rings is 1. The van der Waals surface area contributed by atoms with Crippen molar-refractivity contribution in [3.05, 3.63) is 76.0 Å². The Balaban J connectivity index is 1.33. The monoisotopic (exact) mass is 536 g/mol. The van der Waals surface area contributed by atoms with E-state index < -0.39 is 17.8 Å². The van der Waals surface area contributed by atoms with Crippen LogP contribution in [-0.4, -0.2) is 36.5 Å². The molecule has 0 spiro atoms. The van der Waals surface area contributed by atoms with Crippen LogP contribution in [-0.2, 0) is 9.53 Å². The zero-order chi connectivity index (χ0) is 26.3. The average molecular weight is 537 g/mol. The molecule has 0 radical (unpaired) electrons. The highest BCUT2D eigenvalue weighted by Gasteiger charge is 2.50. The molecule has 2 aromatic rings. The van der Waals surface area contributed by atoms with Crippen LogP contribution < -0.4 is 10.6 Å². The van der Waals surface area contributed by atoms with Gasteiger partial charge in [0.15, 0.2) is 5.84 Å². The van der Waals surface area contributed by atoms with E-state index in [2.05, 4.69) is 15.6 Å². The van der Waals surface area contributed by atoms with Crippen LogP contribution in [0.5, 0.6) is 0 Å². The van der Waals surface area contributed by atoms with Gasteiger partial charge in [0, 0.05) is 35.6 Å². The van der Waals surface area contributed by atoms with Gasteiger partial charge in [-0.25, -0.2) is 9.18 Å². The van der Waals surface area contributed by atoms with Gasteiger partial charge in [-0.05, 0) is 92.9 Å². The van der Waals surface area contributed by atoms with Crippen LogP contribution in [0.2, 0.25) is 5.02 Å². The van der Waals surface area contributed by atoms with E-state index in [-0.39, 0.29) is 11.6 Å². The first-order valence-electron chi connectivity index (χ1n) is 13.7. The van der Waals surface area contributed by atoms with Crippen molar-refractivity contribution >= 4 is 23.4 Å². The first-order chi connectivity index (χ1) is 18.4. The van der Waals surface area contributed by atoms with E-state index in [0.29, 0.717) is 40.3 Å². The molecule has 4 aliphatic carbocycles. The topological polar surface area (TPSA) is 75.6 Å². The van der Waals surface area contributed by atoms with Gasteiger partial charge in [0.1, 0.15) is 17.6 Å². The van der Waals surface area contributed by atoms with Gasteiger partial charge >= 0.3 is 5.97 Å². The fourth-order valence-corrected chi connectivity index (χ4v) is 8.00. The smallest absolute Gasteiger partial charge is 0.338 e. The number of halogens is 2. The standard InChI is InChI=1S/C30H34ClFN4O2/c1-2-38-29(37)26-25(16-33-17-30-13-18-9-19(14-30)11-20(10-18)15-30)35-28(24-5-3-4-8-34-24)36-27(26)22-7-6-21(32)12-23(22)31/h3-8,12,18-20,27,33H,2,9-11,13-17H2,1H3,(H,35,36). The number of ether oxygens (including phenoxy) is 1. The lowest BCUT2D eigenvalue weighted by atomic mass is 9.49. The predicted octanol–water partition coefficient (Wildman–Crippen LogP) is 5.59. The van der Waals surface area contributed by atoms with E-state index in [0.717, 1.165) is 24.3 Å². The third-order valence-electron chi connectivity index (χ3n) is 8.75. The Morgan fingerprint density at radius 2 is 1.89 bits per heavy atom. The Morgan fingerprint density at radius 1 is 1.16 bits per heavy atom. The van der Waals surface area contributed by atoms with Gasteiger partial charge in [0.05, 0.1) is 12.2 Å². The maximum Gasteiger partial charge on any atom is 0.338 e. The van der Waals surface area contributed by atoms with Gasteiger partial charge < -0.3 is 15.4 Å². The second-order valence-electron chi connectivity index (χ2n) is 11.5. The molecule has 1 atom stereocenters. The molecule has 1 aromatic heterocycles. The van der Waals surface area contributed by atoms with Crippen LogP contribution in [0.3, 0.4) is 0 Å². The van der Waals surface area contributed by atoms with Crippen LogP contribution in [0.1, 0.15) is 62.7 Å². The molecular weight excluding hydrogens is 503 g/mol. The van der Waals surface area contributed by atoms with Crippen LogP contribution in [0.15, 0.2) is 58.9 Å². The van der Waals surface area contributed by atoms with Gasteiger partial charge in [-0.1, -0.05) is 23.7 Å². The minimum absolute atomic E-state index is 0.212. The minimum Gasteiger partial charge on any atom is -0.463 e. The van der Waals surface area contributed by atoms with Gasteiger partial charge in [0.25, 0.3) is 0 Å². The number of nitrogens with zero attached hydrogens (tertiary/aromatic N) is 2. The van der Waals surface area contributed by atoms with E-state index in [1.165, 1.54) is 50.7 Å². The molecule has 5 aliphatic rings. The fourth-order valence-electron chi connectivity index (χ4n) is 7.72. The molecule has 1 aromatic carbocycles. The van der Waals surface area contributed by atoms with Crippen molar-refractivity contribution in [1.82, 2.24) is 15.6 Å².